The molecule has 2 aromatic rings. The molecule has 2 N–H and O–H groups in total. The Morgan fingerprint density at radius 2 is 2.00 bits per heavy atom. The van der Waals surface area contributed by atoms with E-state index in [1.54, 1.807) is 23.7 Å². The summed E-state index contributed by atoms with van der Waals surface area (Å²) < 4.78 is 4.86. The van der Waals surface area contributed by atoms with Crippen molar-refractivity contribution in [1.29, 1.82) is 0 Å². The zero-order chi connectivity index (χ0) is 13.7. The standard InChI is InChI=1S/C14H16N2O2S/c1-18-13(17)14(15,9-12-4-7-19-10-12)8-11-2-5-16-6-3-11/h2-7,10H,8-9,15H2,1H3. The highest BCUT2D eigenvalue weighted by atomic mass is 32.1. The van der Waals surface area contributed by atoms with E-state index < -0.39 is 11.5 Å². The van der Waals surface area contributed by atoms with Gasteiger partial charge in [-0.2, -0.15) is 11.3 Å². The third kappa shape index (κ3) is 3.39. The van der Waals surface area contributed by atoms with E-state index in [-0.39, 0.29) is 0 Å². The molecule has 2 aromatic heterocycles. The maximum Gasteiger partial charge on any atom is 0.326 e. The van der Waals surface area contributed by atoms with Crippen molar-refractivity contribution in [3.63, 3.8) is 0 Å². The van der Waals surface area contributed by atoms with E-state index in [4.69, 9.17) is 10.5 Å². The van der Waals surface area contributed by atoms with Crippen LogP contribution in [0.15, 0.2) is 41.4 Å². The Morgan fingerprint density at radius 3 is 2.58 bits per heavy atom. The Balaban J connectivity index is 2.22. The number of carbonyl (C=O) groups is 1. The Morgan fingerprint density at radius 1 is 1.32 bits per heavy atom. The fourth-order valence-corrected chi connectivity index (χ4v) is 2.70. The van der Waals surface area contributed by atoms with Crippen molar-refractivity contribution in [2.75, 3.05) is 7.11 Å². The van der Waals surface area contributed by atoms with Gasteiger partial charge in [-0.25, -0.2) is 0 Å². The van der Waals surface area contributed by atoms with E-state index >= 15 is 0 Å². The summed E-state index contributed by atoms with van der Waals surface area (Å²) in [4.78, 5) is 16.0. The van der Waals surface area contributed by atoms with Crippen LogP contribution in [-0.2, 0) is 22.4 Å². The van der Waals surface area contributed by atoms with Crippen LogP contribution < -0.4 is 5.73 Å². The molecule has 0 radical (unpaired) electrons. The van der Waals surface area contributed by atoms with Gasteiger partial charge in [-0.3, -0.25) is 9.78 Å². The van der Waals surface area contributed by atoms with Crippen LogP contribution in [0.25, 0.3) is 0 Å². The number of pyridine rings is 1. The molecule has 0 aliphatic rings. The predicted molar refractivity (Wildman–Crippen MR) is 74.9 cm³/mol. The molecule has 0 fully saturated rings. The van der Waals surface area contributed by atoms with Gasteiger partial charge < -0.3 is 10.5 Å². The summed E-state index contributed by atoms with van der Waals surface area (Å²) in [5.41, 5.74) is 7.26. The highest BCUT2D eigenvalue weighted by Crippen LogP contribution is 2.20. The van der Waals surface area contributed by atoms with Crippen molar-refractivity contribution in [3.8, 4) is 0 Å². The molecule has 1 unspecified atom stereocenters. The molecule has 19 heavy (non-hydrogen) atoms. The number of aromatic nitrogens is 1. The first-order valence-electron chi connectivity index (χ1n) is 5.91. The second-order valence-electron chi connectivity index (χ2n) is 4.49. The van der Waals surface area contributed by atoms with Crippen LogP contribution in [0, 0.1) is 0 Å². The fourth-order valence-electron chi connectivity index (χ4n) is 2.03. The van der Waals surface area contributed by atoms with Gasteiger partial charge in [-0.05, 0) is 40.1 Å². The number of rotatable bonds is 5. The molecule has 2 rings (SSSR count). The average molecular weight is 276 g/mol. The SMILES string of the molecule is COC(=O)C(N)(Cc1ccncc1)Cc1ccsc1. The lowest BCUT2D eigenvalue weighted by molar-refractivity contribution is -0.147. The minimum absolute atomic E-state index is 0.393. The number of carbonyl (C=O) groups excluding carboxylic acids is 1. The van der Waals surface area contributed by atoms with Gasteiger partial charge in [0.1, 0.15) is 5.54 Å². The number of thiophene rings is 1. The summed E-state index contributed by atoms with van der Waals surface area (Å²) in [6, 6.07) is 5.69. The Labute approximate surface area is 116 Å². The highest BCUT2D eigenvalue weighted by Gasteiger charge is 2.35. The number of nitrogens with two attached hydrogens (primary N) is 1. The minimum atomic E-state index is -1.04. The van der Waals surface area contributed by atoms with Crippen LogP contribution in [0.4, 0.5) is 0 Å². The summed E-state index contributed by atoms with van der Waals surface area (Å²) in [5, 5.41) is 3.97. The van der Waals surface area contributed by atoms with Crippen LogP contribution in [0.1, 0.15) is 11.1 Å². The topological polar surface area (TPSA) is 65.2 Å². The quantitative estimate of drug-likeness (QED) is 0.846. The van der Waals surface area contributed by atoms with Gasteiger partial charge in [0.15, 0.2) is 0 Å². The Hall–Kier alpha value is -1.72. The molecule has 0 spiro atoms. The number of nitrogens with zero attached hydrogens (tertiary/aromatic N) is 1. The lowest BCUT2D eigenvalue weighted by atomic mass is 9.86. The highest BCUT2D eigenvalue weighted by molar-refractivity contribution is 7.07. The first-order valence-corrected chi connectivity index (χ1v) is 6.85. The van der Waals surface area contributed by atoms with E-state index in [2.05, 4.69) is 4.98 Å². The molecular formula is C14H16N2O2S. The molecule has 100 valence electrons. The van der Waals surface area contributed by atoms with Crippen LogP contribution in [0.5, 0.6) is 0 Å². The van der Waals surface area contributed by atoms with E-state index in [0.717, 1.165) is 11.1 Å². The number of hydrogen-bond donors (Lipinski definition) is 1. The molecular weight excluding hydrogens is 260 g/mol. The second kappa shape index (κ2) is 5.95. The average Bonchev–Trinajstić information content (AvgIpc) is 2.91. The lowest BCUT2D eigenvalue weighted by Gasteiger charge is -2.26. The van der Waals surface area contributed by atoms with Gasteiger partial charge >= 0.3 is 5.97 Å². The second-order valence-corrected chi connectivity index (χ2v) is 5.27. The largest absolute Gasteiger partial charge is 0.468 e. The van der Waals surface area contributed by atoms with Gasteiger partial charge in [0, 0.05) is 25.2 Å². The monoisotopic (exact) mass is 276 g/mol. The predicted octanol–water partition coefficient (Wildman–Crippen LogP) is 1.80. The summed E-state index contributed by atoms with van der Waals surface area (Å²) in [7, 11) is 1.37. The van der Waals surface area contributed by atoms with Gasteiger partial charge in [-0.15, -0.1) is 0 Å². The van der Waals surface area contributed by atoms with E-state index in [1.807, 2.05) is 29.0 Å². The summed E-state index contributed by atoms with van der Waals surface area (Å²) in [6.07, 6.45) is 4.28. The third-order valence-electron chi connectivity index (χ3n) is 2.96. The summed E-state index contributed by atoms with van der Waals surface area (Å²) >= 11 is 1.59. The van der Waals surface area contributed by atoms with Gasteiger partial charge in [0.25, 0.3) is 0 Å². The third-order valence-corrected chi connectivity index (χ3v) is 3.69. The number of ether oxygens (including phenoxy) is 1. The van der Waals surface area contributed by atoms with Crippen molar-refractivity contribution < 1.29 is 9.53 Å². The fraction of sp³-hybridized carbons (Fsp3) is 0.286. The van der Waals surface area contributed by atoms with Gasteiger partial charge in [0.05, 0.1) is 7.11 Å². The summed E-state index contributed by atoms with van der Waals surface area (Å²) in [5.74, 6) is -0.393. The van der Waals surface area contributed by atoms with Crippen LogP contribution in [0.2, 0.25) is 0 Å². The van der Waals surface area contributed by atoms with E-state index in [9.17, 15) is 4.79 Å². The number of hydrogen-bond acceptors (Lipinski definition) is 5. The van der Waals surface area contributed by atoms with Crippen LogP contribution >= 0.6 is 11.3 Å². The number of esters is 1. The molecule has 1 atom stereocenters. The molecule has 2 heterocycles. The molecule has 5 heteroatoms. The first-order chi connectivity index (χ1) is 9.14. The maximum absolute atomic E-state index is 12.0. The molecule has 0 aliphatic heterocycles. The zero-order valence-corrected chi connectivity index (χ0v) is 11.5. The smallest absolute Gasteiger partial charge is 0.326 e. The Bertz CT molecular complexity index is 528. The summed E-state index contributed by atoms with van der Waals surface area (Å²) in [6.45, 7) is 0. The molecule has 0 bridgehead atoms. The first kappa shape index (κ1) is 13.7. The maximum atomic E-state index is 12.0. The zero-order valence-electron chi connectivity index (χ0n) is 10.7. The molecule has 0 aromatic carbocycles. The minimum Gasteiger partial charge on any atom is -0.468 e. The van der Waals surface area contributed by atoms with Crippen molar-refractivity contribution in [2.45, 2.75) is 18.4 Å². The van der Waals surface area contributed by atoms with Crippen molar-refractivity contribution in [1.82, 2.24) is 4.98 Å². The van der Waals surface area contributed by atoms with Crippen molar-refractivity contribution >= 4 is 17.3 Å². The van der Waals surface area contributed by atoms with Crippen LogP contribution in [-0.4, -0.2) is 23.6 Å². The lowest BCUT2D eigenvalue weighted by Crippen LogP contribution is -2.52. The van der Waals surface area contributed by atoms with E-state index in [0.29, 0.717) is 12.8 Å². The molecule has 4 nitrogen and oxygen atoms in total. The number of methoxy groups -OCH3 is 1. The Kier molecular flexibility index (Phi) is 4.29. The van der Waals surface area contributed by atoms with Crippen LogP contribution in [0.3, 0.4) is 0 Å². The van der Waals surface area contributed by atoms with Gasteiger partial charge in [-0.1, -0.05) is 0 Å². The molecule has 0 saturated carbocycles. The van der Waals surface area contributed by atoms with E-state index in [1.165, 1.54) is 7.11 Å². The molecule has 0 aliphatic carbocycles. The molecule has 0 saturated heterocycles. The normalized spacial score (nSPS) is 13.8. The molecule has 0 amide bonds. The van der Waals surface area contributed by atoms with Crippen molar-refractivity contribution in [2.24, 2.45) is 5.73 Å². The van der Waals surface area contributed by atoms with Crippen molar-refractivity contribution in [3.05, 3.63) is 52.5 Å². The van der Waals surface area contributed by atoms with Gasteiger partial charge in [0.2, 0.25) is 0 Å².